The van der Waals surface area contributed by atoms with Gasteiger partial charge in [0.05, 0.1) is 0 Å². The number of aryl methyl sites for hydroxylation is 1. The fourth-order valence-corrected chi connectivity index (χ4v) is 3.63. The Morgan fingerprint density at radius 1 is 1.50 bits per heavy atom. The van der Waals surface area contributed by atoms with E-state index in [0.717, 1.165) is 19.3 Å². The molecule has 1 aromatic heterocycles. The van der Waals surface area contributed by atoms with Crippen molar-refractivity contribution in [3.05, 3.63) is 12.3 Å². The molecule has 3 aliphatic carbocycles. The van der Waals surface area contributed by atoms with E-state index in [-0.39, 0.29) is 29.4 Å². The number of nitrogens with zero attached hydrogens (tertiary/aromatic N) is 2. The standard InChI is InChI=1S/C13H18N4O3/c1-17-3-2-11(16-17)20-5-10(19)15-13-6-12(7-13,8-13)4-9(14)18/h2-3H,4-8H2,1H3,(H2,14,18)(H,15,19). The second-order valence-corrected chi connectivity index (χ2v) is 6.12. The summed E-state index contributed by atoms with van der Waals surface area (Å²) in [4.78, 5) is 22.7. The number of carbonyl (C=O) groups is 2. The summed E-state index contributed by atoms with van der Waals surface area (Å²) in [5.74, 6) is 0.0246. The highest BCUT2D eigenvalue weighted by molar-refractivity contribution is 5.80. The summed E-state index contributed by atoms with van der Waals surface area (Å²) >= 11 is 0. The Morgan fingerprint density at radius 3 is 2.75 bits per heavy atom. The zero-order valence-electron chi connectivity index (χ0n) is 11.4. The molecule has 108 valence electrons. The minimum Gasteiger partial charge on any atom is -0.467 e. The molecule has 3 N–H and O–H groups in total. The van der Waals surface area contributed by atoms with Crippen molar-refractivity contribution in [2.45, 2.75) is 31.2 Å². The normalized spacial score (nSPS) is 30.1. The molecule has 0 aliphatic heterocycles. The maximum absolute atomic E-state index is 11.8. The van der Waals surface area contributed by atoms with Crippen molar-refractivity contribution in [2.24, 2.45) is 18.2 Å². The van der Waals surface area contributed by atoms with Crippen molar-refractivity contribution in [3.63, 3.8) is 0 Å². The molecule has 0 saturated heterocycles. The van der Waals surface area contributed by atoms with Gasteiger partial charge in [0.15, 0.2) is 6.61 Å². The third-order valence-corrected chi connectivity index (χ3v) is 4.13. The average Bonchev–Trinajstić information content (AvgIpc) is 2.67. The number of nitrogens with two attached hydrogens (primary N) is 1. The Labute approximate surface area is 116 Å². The Hall–Kier alpha value is -2.05. The first-order valence-electron chi connectivity index (χ1n) is 6.62. The monoisotopic (exact) mass is 278 g/mol. The van der Waals surface area contributed by atoms with Crippen molar-refractivity contribution in [1.29, 1.82) is 0 Å². The molecule has 0 radical (unpaired) electrons. The molecular formula is C13H18N4O3. The Bertz CT molecular complexity index is 546. The van der Waals surface area contributed by atoms with E-state index in [1.54, 1.807) is 24.0 Å². The molecule has 7 nitrogen and oxygen atoms in total. The molecule has 20 heavy (non-hydrogen) atoms. The zero-order chi connectivity index (χ0) is 14.4. The van der Waals surface area contributed by atoms with Crippen LogP contribution < -0.4 is 15.8 Å². The van der Waals surface area contributed by atoms with E-state index in [0.29, 0.717) is 12.3 Å². The fraction of sp³-hybridized carbons (Fsp3) is 0.615. The first kappa shape index (κ1) is 13.0. The van der Waals surface area contributed by atoms with Crippen LogP contribution >= 0.6 is 0 Å². The van der Waals surface area contributed by atoms with E-state index in [1.165, 1.54) is 0 Å². The Balaban J connectivity index is 1.42. The minimum atomic E-state index is -0.261. The lowest BCUT2D eigenvalue weighted by Crippen LogP contribution is -2.75. The van der Waals surface area contributed by atoms with Gasteiger partial charge >= 0.3 is 0 Å². The number of ether oxygens (including phenoxy) is 1. The van der Waals surface area contributed by atoms with Crippen molar-refractivity contribution < 1.29 is 14.3 Å². The van der Waals surface area contributed by atoms with E-state index in [2.05, 4.69) is 10.4 Å². The molecule has 0 aromatic carbocycles. The molecule has 3 fully saturated rings. The van der Waals surface area contributed by atoms with Crippen LogP contribution in [0.5, 0.6) is 5.88 Å². The number of carbonyl (C=O) groups excluding carboxylic acids is 2. The summed E-state index contributed by atoms with van der Waals surface area (Å²) in [6.45, 7) is -0.0401. The number of hydrogen-bond acceptors (Lipinski definition) is 4. The van der Waals surface area contributed by atoms with E-state index < -0.39 is 0 Å². The van der Waals surface area contributed by atoms with Gasteiger partial charge in [0.25, 0.3) is 5.91 Å². The van der Waals surface area contributed by atoms with E-state index in [9.17, 15) is 9.59 Å². The summed E-state index contributed by atoms with van der Waals surface area (Å²) in [6.07, 6.45) is 4.71. The fourth-order valence-electron chi connectivity index (χ4n) is 3.63. The van der Waals surface area contributed by atoms with Gasteiger partial charge in [-0.25, -0.2) is 0 Å². The van der Waals surface area contributed by atoms with Crippen LogP contribution in [0.2, 0.25) is 0 Å². The number of amides is 2. The van der Waals surface area contributed by atoms with Crippen molar-refractivity contribution in [1.82, 2.24) is 15.1 Å². The Morgan fingerprint density at radius 2 is 2.20 bits per heavy atom. The van der Waals surface area contributed by atoms with Gasteiger partial charge in [0.1, 0.15) is 0 Å². The van der Waals surface area contributed by atoms with E-state index >= 15 is 0 Å². The lowest BCUT2D eigenvalue weighted by atomic mass is 9.38. The molecule has 2 amide bonds. The van der Waals surface area contributed by atoms with Gasteiger partial charge < -0.3 is 15.8 Å². The van der Waals surface area contributed by atoms with Crippen LogP contribution in [-0.2, 0) is 16.6 Å². The molecule has 0 spiro atoms. The van der Waals surface area contributed by atoms with Crippen LogP contribution in [0.25, 0.3) is 0 Å². The van der Waals surface area contributed by atoms with Gasteiger partial charge in [-0.2, -0.15) is 0 Å². The van der Waals surface area contributed by atoms with E-state index in [1.807, 2.05) is 0 Å². The molecule has 0 unspecified atom stereocenters. The molecule has 3 saturated carbocycles. The second kappa shape index (κ2) is 4.22. The second-order valence-electron chi connectivity index (χ2n) is 6.12. The van der Waals surface area contributed by atoms with Crippen molar-refractivity contribution in [2.75, 3.05) is 6.61 Å². The summed E-state index contributed by atoms with van der Waals surface area (Å²) in [6, 6.07) is 1.70. The third kappa shape index (κ3) is 2.23. The van der Waals surface area contributed by atoms with Gasteiger partial charge in [0, 0.05) is 31.3 Å². The van der Waals surface area contributed by atoms with Gasteiger partial charge in [-0.05, 0) is 24.7 Å². The zero-order valence-corrected chi connectivity index (χ0v) is 11.4. The lowest BCUT2D eigenvalue weighted by molar-refractivity contribution is -0.172. The third-order valence-electron chi connectivity index (χ3n) is 4.13. The smallest absolute Gasteiger partial charge is 0.258 e. The predicted molar refractivity (Wildman–Crippen MR) is 69.7 cm³/mol. The minimum absolute atomic E-state index is 0.0401. The molecule has 3 aliphatic rings. The molecule has 1 heterocycles. The summed E-state index contributed by atoms with van der Waals surface area (Å²) in [7, 11) is 1.78. The molecular weight excluding hydrogens is 260 g/mol. The molecule has 4 rings (SSSR count). The number of hydrogen-bond donors (Lipinski definition) is 2. The van der Waals surface area contributed by atoms with Gasteiger partial charge in [-0.15, -0.1) is 5.10 Å². The summed E-state index contributed by atoms with van der Waals surface area (Å²) < 4.78 is 6.91. The van der Waals surface area contributed by atoms with Crippen LogP contribution in [0.15, 0.2) is 12.3 Å². The van der Waals surface area contributed by atoms with Gasteiger partial charge in [-0.3, -0.25) is 14.3 Å². The van der Waals surface area contributed by atoms with Crippen LogP contribution in [0.3, 0.4) is 0 Å². The molecule has 1 aromatic rings. The molecule has 7 heteroatoms. The first-order valence-corrected chi connectivity index (χ1v) is 6.62. The van der Waals surface area contributed by atoms with Crippen molar-refractivity contribution in [3.8, 4) is 5.88 Å². The largest absolute Gasteiger partial charge is 0.467 e. The Kier molecular flexibility index (Phi) is 2.74. The van der Waals surface area contributed by atoms with Gasteiger partial charge in [0.2, 0.25) is 11.8 Å². The number of rotatable bonds is 6. The highest BCUT2D eigenvalue weighted by Crippen LogP contribution is 2.68. The number of primary amides is 1. The summed E-state index contributed by atoms with van der Waals surface area (Å²) in [5.41, 5.74) is 5.15. The van der Waals surface area contributed by atoms with Crippen LogP contribution in [-0.4, -0.2) is 33.7 Å². The highest BCUT2D eigenvalue weighted by Gasteiger charge is 2.68. The maximum Gasteiger partial charge on any atom is 0.258 e. The molecule has 2 bridgehead atoms. The highest BCUT2D eigenvalue weighted by atomic mass is 16.5. The summed E-state index contributed by atoms with van der Waals surface area (Å²) in [5, 5.41) is 7.01. The molecule has 0 atom stereocenters. The SMILES string of the molecule is Cn1ccc(OCC(=O)NC23CC(CC(N)=O)(C2)C3)n1. The predicted octanol–water partition coefficient (Wildman–Crippen LogP) is -0.287. The first-order chi connectivity index (χ1) is 9.40. The lowest BCUT2D eigenvalue weighted by Gasteiger charge is -2.70. The average molecular weight is 278 g/mol. The maximum atomic E-state index is 11.8. The van der Waals surface area contributed by atoms with Crippen molar-refractivity contribution >= 4 is 11.8 Å². The van der Waals surface area contributed by atoms with E-state index in [4.69, 9.17) is 10.5 Å². The number of nitrogens with one attached hydrogen (secondary N) is 1. The number of aromatic nitrogens is 2. The van der Waals surface area contributed by atoms with Crippen LogP contribution in [0.4, 0.5) is 0 Å². The van der Waals surface area contributed by atoms with Crippen LogP contribution in [0.1, 0.15) is 25.7 Å². The topological polar surface area (TPSA) is 99.2 Å². The quantitative estimate of drug-likeness (QED) is 0.747. The van der Waals surface area contributed by atoms with Gasteiger partial charge in [-0.1, -0.05) is 0 Å². The van der Waals surface area contributed by atoms with Crippen LogP contribution in [0, 0.1) is 5.41 Å².